The van der Waals surface area contributed by atoms with Crippen molar-refractivity contribution in [2.24, 2.45) is 5.92 Å². The van der Waals surface area contributed by atoms with Gasteiger partial charge < -0.3 is 5.32 Å². The summed E-state index contributed by atoms with van der Waals surface area (Å²) < 4.78 is 0. The van der Waals surface area contributed by atoms with E-state index in [2.05, 4.69) is 38.2 Å². The second kappa shape index (κ2) is 4.08. The summed E-state index contributed by atoms with van der Waals surface area (Å²) in [6.07, 6.45) is 8.52. The van der Waals surface area contributed by atoms with Crippen molar-refractivity contribution in [3.05, 3.63) is 12.2 Å². The molecule has 1 N–H and O–H groups in total. The molecule has 0 bridgehead atoms. The van der Waals surface area contributed by atoms with Crippen LogP contribution in [-0.2, 0) is 0 Å². The zero-order valence-electron chi connectivity index (χ0n) is 8.56. The molecule has 12 heavy (non-hydrogen) atoms. The summed E-state index contributed by atoms with van der Waals surface area (Å²) >= 11 is 0. The zero-order chi connectivity index (χ0) is 9.03. The molecular weight excluding hydrogens is 146 g/mol. The molecule has 0 spiro atoms. The average molecular weight is 167 g/mol. The minimum Gasteiger partial charge on any atom is -0.312 e. The fourth-order valence-corrected chi connectivity index (χ4v) is 1.49. The Hall–Kier alpha value is -0.300. The van der Waals surface area contributed by atoms with Crippen LogP contribution in [0.3, 0.4) is 0 Å². The van der Waals surface area contributed by atoms with Crippen molar-refractivity contribution in [3.8, 4) is 0 Å². The van der Waals surface area contributed by atoms with Crippen molar-refractivity contribution < 1.29 is 0 Å². The van der Waals surface area contributed by atoms with Crippen molar-refractivity contribution in [2.75, 3.05) is 6.54 Å². The maximum absolute atomic E-state index is 3.56. The Labute approximate surface area is 76.2 Å². The molecule has 1 aliphatic rings. The van der Waals surface area contributed by atoms with Crippen LogP contribution in [0.15, 0.2) is 12.2 Å². The van der Waals surface area contributed by atoms with Crippen LogP contribution < -0.4 is 5.32 Å². The van der Waals surface area contributed by atoms with Crippen molar-refractivity contribution in [2.45, 2.75) is 45.6 Å². The predicted molar refractivity (Wildman–Crippen MR) is 54.2 cm³/mol. The van der Waals surface area contributed by atoms with Crippen LogP contribution in [-0.4, -0.2) is 12.1 Å². The topological polar surface area (TPSA) is 12.0 Å². The standard InChI is InChI=1S/C11H21N/c1-11(2,3)12-9-10-7-5-4-6-8-10/h4-5,10,12H,6-9H2,1-3H3/t10-/m0/s1. The van der Waals surface area contributed by atoms with E-state index in [1.165, 1.54) is 25.8 Å². The molecule has 0 saturated carbocycles. The van der Waals surface area contributed by atoms with E-state index < -0.39 is 0 Å². The van der Waals surface area contributed by atoms with Gasteiger partial charge in [0, 0.05) is 5.54 Å². The van der Waals surface area contributed by atoms with Crippen LogP contribution in [0.2, 0.25) is 0 Å². The highest BCUT2D eigenvalue weighted by Crippen LogP contribution is 2.17. The van der Waals surface area contributed by atoms with Crippen LogP contribution in [0.25, 0.3) is 0 Å². The first-order valence-electron chi connectivity index (χ1n) is 4.98. The highest BCUT2D eigenvalue weighted by atomic mass is 14.9. The van der Waals surface area contributed by atoms with Gasteiger partial charge in [0.1, 0.15) is 0 Å². The van der Waals surface area contributed by atoms with Gasteiger partial charge in [0.25, 0.3) is 0 Å². The van der Waals surface area contributed by atoms with E-state index in [0.29, 0.717) is 0 Å². The monoisotopic (exact) mass is 167 g/mol. The van der Waals surface area contributed by atoms with E-state index in [4.69, 9.17) is 0 Å². The molecular formula is C11H21N. The van der Waals surface area contributed by atoms with E-state index in [9.17, 15) is 0 Å². The lowest BCUT2D eigenvalue weighted by molar-refractivity contribution is 0.356. The molecule has 1 atom stereocenters. The lowest BCUT2D eigenvalue weighted by Crippen LogP contribution is -2.39. The minimum absolute atomic E-state index is 0.279. The molecule has 70 valence electrons. The smallest absolute Gasteiger partial charge is 0.00966 e. The maximum Gasteiger partial charge on any atom is 0.00966 e. The molecule has 0 aliphatic heterocycles. The van der Waals surface area contributed by atoms with Gasteiger partial charge in [0.15, 0.2) is 0 Å². The average Bonchev–Trinajstić information content (AvgIpc) is 2.02. The third-order valence-electron chi connectivity index (χ3n) is 2.30. The van der Waals surface area contributed by atoms with Crippen molar-refractivity contribution in [1.82, 2.24) is 5.32 Å². The number of hydrogen-bond donors (Lipinski definition) is 1. The van der Waals surface area contributed by atoms with Gasteiger partial charge in [-0.25, -0.2) is 0 Å². The van der Waals surface area contributed by atoms with Crippen LogP contribution in [0.4, 0.5) is 0 Å². The molecule has 0 fully saturated rings. The minimum atomic E-state index is 0.279. The van der Waals surface area contributed by atoms with Gasteiger partial charge in [-0.15, -0.1) is 0 Å². The quantitative estimate of drug-likeness (QED) is 0.624. The van der Waals surface area contributed by atoms with Crippen LogP contribution in [0.1, 0.15) is 40.0 Å². The van der Waals surface area contributed by atoms with Crippen LogP contribution in [0, 0.1) is 5.92 Å². The molecule has 0 radical (unpaired) electrons. The third-order valence-corrected chi connectivity index (χ3v) is 2.30. The largest absolute Gasteiger partial charge is 0.312 e. The van der Waals surface area contributed by atoms with Gasteiger partial charge in [-0.1, -0.05) is 12.2 Å². The van der Waals surface area contributed by atoms with Gasteiger partial charge in [-0.3, -0.25) is 0 Å². The fourth-order valence-electron chi connectivity index (χ4n) is 1.49. The van der Waals surface area contributed by atoms with Gasteiger partial charge in [0.2, 0.25) is 0 Å². The normalized spacial score (nSPS) is 24.4. The Bertz CT molecular complexity index is 153. The molecule has 1 nitrogen and oxygen atoms in total. The first kappa shape index (κ1) is 9.79. The number of nitrogens with one attached hydrogen (secondary N) is 1. The number of rotatable bonds is 2. The Morgan fingerprint density at radius 1 is 1.33 bits per heavy atom. The van der Waals surface area contributed by atoms with Crippen molar-refractivity contribution in [1.29, 1.82) is 0 Å². The van der Waals surface area contributed by atoms with Crippen LogP contribution in [0.5, 0.6) is 0 Å². The fraction of sp³-hybridized carbons (Fsp3) is 0.818. The first-order valence-corrected chi connectivity index (χ1v) is 4.98. The predicted octanol–water partition coefficient (Wildman–Crippen LogP) is 2.73. The Morgan fingerprint density at radius 2 is 2.08 bits per heavy atom. The zero-order valence-corrected chi connectivity index (χ0v) is 8.56. The van der Waals surface area contributed by atoms with Crippen LogP contribution >= 0.6 is 0 Å². The Kier molecular flexibility index (Phi) is 3.33. The highest BCUT2D eigenvalue weighted by molar-refractivity contribution is 4.91. The Balaban J connectivity index is 2.19. The van der Waals surface area contributed by atoms with E-state index in [1.54, 1.807) is 0 Å². The second-order valence-electron chi connectivity index (χ2n) is 4.78. The Morgan fingerprint density at radius 3 is 2.58 bits per heavy atom. The molecule has 0 amide bonds. The molecule has 1 rings (SSSR count). The van der Waals surface area contributed by atoms with E-state index in [-0.39, 0.29) is 5.54 Å². The SMILES string of the molecule is CC(C)(C)NC[C@H]1CC=CCC1. The second-order valence-corrected chi connectivity index (χ2v) is 4.78. The van der Waals surface area contributed by atoms with E-state index in [0.717, 1.165) is 5.92 Å². The highest BCUT2D eigenvalue weighted by Gasteiger charge is 2.14. The van der Waals surface area contributed by atoms with E-state index >= 15 is 0 Å². The summed E-state index contributed by atoms with van der Waals surface area (Å²) in [5.74, 6) is 0.870. The molecule has 0 saturated heterocycles. The van der Waals surface area contributed by atoms with Gasteiger partial charge in [-0.05, 0) is 52.5 Å². The van der Waals surface area contributed by atoms with Gasteiger partial charge in [0.05, 0.1) is 0 Å². The molecule has 0 aromatic carbocycles. The molecule has 0 aromatic heterocycles. The lowest BCUT2D eigenvalue weighted by atomic mass is 9.93. The number of allylic oxidation sites excluding steroid dienone is 2. The molecule has 0 unspecified atom stereocenters. The summed E-state index contributed by atoms with van der Waals surface area (Å²) in [5.41, 5.74) is 0.279. The number of hydrogen-bond acceptors (Lipinski definition) is 1. The van der Waals surface area contributed by atoms with Gasteiger partial charge in [-0.2, -0.15) is 0 Å². The molecule has 0 aromatic rings. The third kappa shape index (κ3) is 3.91. The maximum atomic E-state index is 3.56. The summed E-state index contributed by atoms with van der Waals surface area (Å²) in [6.45, 7) is 7.86. The summed E-state index contributed by atoms with van der Waals surface area (Å²) in [5, 5.41) is 3.56. The van der Waals surface area contributed by atoms with Gasteiger partial charge >= 0.3 is 0 Å². The molecule has 0 heterocycles. The summed E-state index contributed by atoms with van der Waals surface area (Å²) in [4.78, 5) is 0. The summed E-state index contributed by atoms with van der Waals surface area (Å²) in [7, 11) is 0. The van der Waals surface area contributed by atoms with E-state index in [1.807, 2.05) is 0 Å². The lowest BCUT2D eigenvalue weighted by Gasteiger charge is -2.25. The molecule has 1 aliphatic carbocycles. The van der Waals surface area contributed by atoms with Crippen molar-refractivity contribution >= 4 is 0 Å². The van der Waals surface area contributed by atoms with Crippen molar-refractivity contribution in [3.63, 3.8) is 0 Å². The first-order chi connectivity index (χ1) is 5.58. The summed E-state index contributed by atoms with van der Waals surface area (Å²) in [6, 6.07) is 0. The molecule has 1 heteroatoms.